The first-order valence-electron chi connectivity index (χ1n) is 6.91. The van der Waals surface area contributed by atoms with E-state index < -0.39 is 0 Å². The molecule has 0 atom stereocenters. The largest absolute Gasteiger partial charge is 0.370 e. The van der Waals surface area contributed by atoms with E-state index in [0.717, 1.165) is 12.1 Å². The highest BCUT2D eigenvalue weighted by Crippen LogP contribution is 2.16. The Kier molecular flexibility index (Phi) is 6.92. The van der Waals surface area contributed by atoms with Gasteiger partial charge in [-0.05, 0) is 30.5 Å². The van der Waals surface area contributed by atoms with Gasteiger partial charge in [-0.1, -0.05) is 51.2 Å². The van der Waals surface area contributed by atoms with Crippen molar-refractivity contribution in [2.45, 2.75) is 51.9 Å². The summed E-state index contributed by atoms with van der Waals surface area (Å²) < 4.78 is 0. The molecule has 1 aromatic carbocycles. The van der Waals surface area contributed by atoms with Crippen LogP contribution in [-0.4, -0.2) is 5.96 Å². The van der Waals surface area contributed by atoms with Crippen molar-refractivity contribution in [3.63, 3.8) is 0 Å². The molecule has 100 valence electrons. The van der Waals surface area contributed by atoms with Gasteiger partial charge in [0.2, 0.25) is 0 Å². The molecule has 0 aromatic heterocycles. The molecule has 1 rings (SSSR count). The first kappa shape index (κ1) is 14.6. The van der Waals surface area contributed by atoms with E-state index in [2.05, 4.69) is 24.0 Å². The lowest BCUT2D eigenvalue weighted by molar-refractivity contribution is 0.607. The molecule has 18 heavy (non-hydrogen) atoms. The van der Waals surface area contributed by atoms with E-state index in [4.69, 9.17) is 11.5 Å². The van der Waals surface area contributed by atoms with Crippen LogP contribution < -0.4 is 11.5 Å². The molecule has 0 unspecified atom stereocenters. The molecule has 0 radical (unpaired) electrons. The van der Waals surface area contributed by atoms with E-state index in [9.17, 15) is 0 Å². The number of aliphatic imine (C=N–C) groups is 1. The summed E-state index contributed by atoms with van der Waals surface area (Å²) in [7, 11) is 0. The summed E-state index contributed by atoms with van der Waals surface area (Å²) in [5, 5.41) is 0. The third-order valence-corrected chi connectivity index (χ3v) is 2.99. The second-order valence-corrected chi connectivity index (χ2v) is 4.72. The van der Waals surface area contributed by atoms with E-state index in [1.165, 1.54) is 44.1 Å². The fourth-order valence-corrected chi connectivity index (χ4v) is 2.04. The van der Waals surface area contributed by atoms with Crippen LogP contribution in [0.3, 0.4) is 0 Å². The Morgan fingerprint density at radius 3 is 2.50 bits per heavy atom. The Bertz CT molecular complexity index is 368. The van der Waals surface area contributed by atoms with E-state index in [-0.39, 0.29) is 5.96 Å². The predicted molar refractivity (Wildman–Crippen MR) is 79.0 cm³/mol. The molecule has 0 aliphatic rings. The zero-order valence-corrected chi connectivity index (χ0v) is 11.4. The molecule has 0 spiro atoms. The predicted octanol–water partition coefficient (Wildman–Crippen LogP) is 3.49. The monoisotopic (exact) mass is 247 g/mol. The number of benzene rings is 1. The molecule has 0 saturated carbocycles. The smallest absolute Gasteiger partial charge is 0.191 e. The summed E-state index contributed by atoms with van der Waals surface area (Å²) in [4.78, 5) is 4.06. The van der Waals surface area contributed by atoms with Gasteiger partial charge in [0.25, 0.3) is 0 Å². The average Bonchev–Trinajstić information content (AvgIpc) is 2.33. The lowest BCUT2D eigenvalue weighted by Gasteiger charge is -2.03. The van der Waals surface area contributed by atoms with Gasteiger partial charge in [-0.3, -0.25) is 0 Å². The lowest BCUT2D eigenvalue weighted by Crippen LogP contribution is -2.21. The maximum atomic E-state index is 5.37. The Morgan fingerprint density at radius 2 is 1.78 bits per heavy atom. The standard InChI is InChI=1S/C15H25N3/c1-2-3-4-5-6-7-9-13-10-8-11-14(12-13)18-15(16)17/h8,10-12H,2-7,9H2,1H3,(H4,16,17,18). The van der Waals surface area contributed by atoms with Gasteiger partial charge in [-0.2, -0.15) is 0 Å². The number of hydrogen-bond acceptors (Lipinski definition) is 1. The minimum atomic E-state index is 0.117. The fourth-order valence-electron chi connectivity index (χ4n) is 2.04. The van der Waals surface area contributed by atoms with Crippen molar-refractivity contribution >= 4 is 11.6 Å². The summed E-state index contributed by atoms with van der Waals surface area (Å²) in [6.45, 7) is 2.25. The van der Waals surface area contributed by atoms with Gasteiger partial charge in [0.05, 0.1) is 5.69 Å². The molecule has 0 aliphatic heterocycles. The SMILES string of the molecule is CCCCCCCCc1cccc(N=C(N)N)c1. The number of rotatable bonds is 8. The third kappa shape index (κ3) is 6.28. The molecule has 4 N–H and O–H groups in total. The quantitative estimate of drug-likeness (QED) is 0.419. The maximum Gasteiger partial charge on any atom is 0.191 e. The van der Waals surface area contributed by atoms with Crippen LogP contribution >= 0.6 is 0 Å². The number of hydrogen-bond donors (Lipinski definition) is 2. The normalized spacial score (nSPS) is 10.3. The second kappa shape index (κ2) is 8.56. The molecule has 0 bridgehead atoms. The summed E-state index contributed by atoms with van der Waals surface area (Å²) in [5.74, 6) is 0.117. The fraction of sp³-hybridized carbons (Fsp3) is 0.533. The van der Waals surface area contributed by atoms with Crippen molar-refractivity contribution < 1.29 is 0 Å². The molecular formula is C15H25N3. The molecule has 0 saturated heterocycles. The Balaban J connectivity index is 2.32. The number of nitrogens with zero attached hydrogens (tertiary/aromatic N) is 1. The summed E-state index contributed by atoms with van der Waals surface area (Å²) in [5.41, 5.74) is 12.9. The topological polar surface area (TPSA) is 64.4 Å². The van der Waals surface area contributed by atoms with Gasteiger partial charge in [-0.15, -0.1) is 0 Å². The maximum absolute atomic E-state index is 5.37. The highest BCUT2D eigenvalue weighted by Gasteiger charge is 1.96. The van der Waals surface area contributed by atoms with E-state index in [0.29, 0.717) is 0 Å². The highest BCUT2D eigenvalue weighted by atomic mass is 15.0. The second-order valence-electron chi connectivity index (χ2n) is 4.72. The number of nitrogens with two attached hydrogens (primary N) is 2. The molecule has 0 fully saturated rings. The van der Waals surface area contributed by atoms with Crippen LogP contribution in [0.25, 0.3) is 0 Å². The molecule has 0 aliphatic carbocycles. The number of guanidine groups is 1. The van der Waals surface area contributed by atoms with Crippen LogP contribution in [0.15, 0.2) is 29.3 Å². The average molecular weight is 247 g/mol. The van der Waals surface area contributed by atoms with Crippen molar-refractivity contribution in [3.05, 3.63) is 29.8 Å². The summed E-state index contributed by atoms with van der Waals surface area (Å²) in [6, 6.07) is 8.13. The first-order chi connectivity index (χ1) is 8.72. The number of aryl methyl sites for hydroxylation is 1. The lowest BCUT2D eigenvalue weighted by atomic mass is 10.0. The van der Waals surface area contributed by atoms with Crippen LogP contribution in [-0.2, 0) is 6.42 Å². The molecule has 3 heteroatoms. The number of unbranched alkanes of at least 4 members (excludes halogenated alkanes) is 5. The summed E-state index contributed by atoms with van der Waals surface area (Å²) >= 11 is 0. The molecule has 1 aromatic rings. The molecular weight excluding hydrogens is 222 g/mol. The van der Waals surface area contributed by atoms with Gasteiger partial charge < -0.3 is 11.5 Å². The zero-order chi connectivity index (χ0) is 13.2. The van der Waals surface area contributed by atoms with Crippen molar-refractivity contribution in [3.8, 4) is 0 Å². The van der Waals surface area contributed by atoms with Gasteiger partial charge in [0.1, 0.15) is 0 Å². The highest BCUT2D eigenvalue weighted by molar-refractivity contribution is 5.79. The van der Waals surface area contributed by atoms with E-state index in [1.807, 2.05) is 12.1 Å². The van der Waals surface area contributed by atoms with Gasteiger partial charge in [0, 0.05) is 0 Å². The summed E-state index contributed by atoms with van der Waals surface area (Å²) in [6.07, 6.45) is 9.05. The van der Waals surface area contributed by atoms with Crippen molar-refractivity contribution in [2.75, 3.05) is 0 Å². The minimum Gasteiger partial charge on any atom is -0.370 e. The molecule has 0 amide bonds. The van der Waals surface area contributed by atoms with Gasteiger partial charge in [0.15, 0.2) is 5.96 Å². The molecule has 3 nitrogen and oxygen atoms in total. The van der Waals surface area contributed by atoms with Gasteiger partial charge >= 0.3 is 0 Å². The van der Waals surface area contributed by atoms with Crippen LogP contribution in [0.1, 0.15) is 51.0 Å². The van der Waals surface area contributed by atoms with E-state index >= 15 is 0 Å². The van der Waals surface area contributed by atoms with Crippen LogP contribution in [0, 0.1) is 0 Å². The first-order valence-corrected chi connectivity index (χ1v) is 6.91. The zero-order valence-electron chi connectivity index (χ0n) is 11.4. The Hall–Kier alpha value is -1.51. The van der Waals surface area contributed by atoms with Crippen molar-refractivity contribution in [2.24, 2.45) is 16.5 Å². The van der Waals surface area contributed by atoms with E-state index in [1.54, 1.807) is 0 Å². The minimum absolute atomic E-state index is 0.117. The van der Waals surface area contributed by atoms with Crippen LogP contribution in [0.2, 0.25) is 0 Å². The third-order valence-electron chi connectivity index (χ3n) is 2.99. The molecule has 0 heterocycles. The Morgan fingerprint density at radius 1 is 1.06 bits per heavy atom. The van der Waals surface area contributed by atoms with Crippen molar-refractivity contribution in [1.29, 1.82) is 0 Å². The van der Waals surface area contributed by atoms with Crippen LogP contribution in [0.5, 0.6) is 0 Å². The van der Waals surface area contributed by atoms with Gasteiger partial charge in [-0.25, -0.2) is 4.99 Å². The van der Waals surface area contributed by atoms with Crippen LogP contribution in [0.4, 0.5) is 5.69 Å². The Labute approximate surface area is 110 Å². The van der Waals surface area contributed by atoms with Crippen molar-refractivity contribution in [1.82, 2.24) is 0 Å².